The van der Waals surface area contributed by atoms with Crippen LogP contribution in [0.5, 0.6) is 0 Å². The van der Waals surface area contributed by atoms with E-state index in [1.54, 1.807) is 0 Å². The molecule has 0 aliphatic heterocycles. The first-order valence-corrected chi connectivity index (χ1v) is 9.33. The summed E-state index contributed by atoms with van der Waals surface area (Å²) in [6.45, 7) is 0. The zero-order valence-corrected chi connectivity index (χ0v) is 13.9. The molecule has 0 bridgehead atoms. The van der Waals surface area contributed by atoms with E-state index in [9.17, 15) is 13.2 Å². The first-order valence-electron chi connectivity index (χ1n) is 7.44. The lowest BCUT2D eigenvalue weighted by Gasteiger charge is -2.05. The molecule has 0 saturated heterocycles. The van der Waals surface area contributed by atoms with Crippen molar-refractivity contribution in [2.45, 2.75) is 17.9 Å². The summed E-state index contributed by atoms with van der Waals surface area (Å²) >= 11 is 0. The highest BCUT2D eigenvalue weighted by Crippen LogP contribution is 2.19. The molecule has 1 aromatic carbocycles. The fourth-order valence-electron chi connectivity index (χ4n) is 2.48. The molecule has 0 radical (unpaired) electrons. The van der Waals surface area contributed by atoms with Gasteiger partial charge < -0.3 is 10.3 Å². The summed E-state index contributed by atoms with van der Waals surface area (Å²) < 4.78 is 22.7. The molecular formula is C17H17N3O3S. The average molecular weight is 343 g/mol. The summed E-state index contributed by atoms with van der Waals surface area (Å²) in [6.07, 6.45) is 5.30. The minimum absolute atomic E-state index is 0.0145. The molecule has 2 heterocycles. The second kappa shape index (κ2) is 6.45. The number of benzene rings is 1. The monoisotopic (exact) mass is 343 g/mol. The number of carbonyl (C=O) groups is 1. The summed E-state index contributed by atoms with van der Waals surface area (Å²) in [5, 5.41) is 3.83. The Labute approximate surface area is 139 Å². The SMILES string of the molecule is CS(=O)(=O)c1ccc(NC(=O)CCc2c[nH]c3ccccc23)cn1. The number of fused-ring (bicyclic) bond motifs is 1. The van der Waals surface area contributed by atoms with Crippen molar-refractivity contribution in [3.8, 4) is 0 Å². The van der Waals surface area contributed by atoms with Crippen LogP contribution in [0.2, 0.25) is 0 Å². The minimum Gasteiger partial charge on any atom is -0.361 e. The third-order valence-electron chi connectivity index (χ3n) is 3.70. The van der Waals surface area contributed by atoms with Gasteiger partial charge in [0, 0.05) is 29.8 Å². The molecule has 3 rings (SSSR count). The number of para-hydroxylation sites is 1. The van der Waals surface area contributed by atoms with Crippen LogP contribution in [-0.4, -0.2) is 30.5 Å². The normalized spacial score (nSPS) is 11.5. The molecule has 0 atom stereocenters. The number of hydrogen-bond donors (Lipinski definition) is 2. The Morgan fingerprint density at radius 2 is 2.00 bits per heavy atom. The molecule has 124 valence electrons. The zero-order valence-electron chi connectivity index (χ0n) is 13.1. The van der Waals surface area contributed by atoms with Crippen molar-refractivity contribution in [2.24, 2.45) is 0 Å². The lowest BCUT2D eigenvalue weighted by atomic mass is 10.1. The fourth-order valence-corrected chi connectivity index (χ4v) is 3.04. The molecule has 2 N–H and O–H groups in total. The van der Waals surface area contributed by atoms with E-state index >= 15 is 0 Å². The summed E-state index contributed by atoms with van der Waals surface area (Å²) in [4.78, 5) is 19.1. The smallest absolute Gasteiger partial charge is 0.224 e. The van der Waals surface area contributed by atoms with Crippen molar-refractivity contribution in [3.63, 3.8) is 0 Å². The molecule has 2 aromatic heterocycles. The van der Waals surface area contributed by atoms with Gasteiger partial charge in [0.2, 0.25) is 5.91 Å². The second-order valence-electron chi connectivity index (χ2n) is 5.56. The van der Waals surface area contributed by atoms with Crippen molar-refractivity contribution >= 4 is 32.3 Å². The molecule has 3 aromatic rings. The summed E-state index contributed by atoms with van der Waals surface area (Å²) in [6, 6.07) is 10.9. The van der Waals surface area contributed by atoms with Crippen LogP contribution in [0.3, 0.4) is 0 Å². The first kappa shape index (κ1) is 16.2. The van der Waals surface area contributed by atoms with Gasteiger partial charge in [0.15, 0.2) is 14.9 Å². The number of aryl methyl sites for hydroxylation is 1. The molecule has 0 unspecified atom stereocenters. The number of sulfone groups is 1. The highest BCUT2D eigenvalue weighted by atomic mass is 32.2. The lowest BCUT2D eigenvalue weighted by molar-refractivity contribution is -0.116. The Balaban J connectivity index is 1.62. The number of hydrogen-bond acceptors (Lipinski definition) is 4. The molecule has 24 heavy (non-hydrogen) atoms. The van der Waals surface area contributed by atoms with Gasteiger partial charge in [-0.3, -0.25) is 4.79 Å². The van der Waals surface area contributed by atoms with E-state index in [4.69, 9.17) is 0 Å². The lowest BCUT2D eigenvalue weighted by Crippen LogP contribution is -2.12. The van der Waals surface area contributed by atoms with Crippen LogP contribution < -0.4 is 5.32 Å². The summed E-state index contributed by atoms with van der Waals surface area (Å²) in [7, 11) is -3.34. The van der Waals surface area contributed by atoms with E-state index in [0.717, 1.165) is 22.7 Å². The molecule has 0 fully saturated rings. The Hall–Kier alpha value is -2.67. The topological polar surface area (TPSA) is 91.9 Å². The van der Waals surface area contributed by atoms with Crippen molar-refractivity contribution in [1.29, 1.82) is 0 Å². The van der Waals surface area contributed by atoms with Gasteiger partial charge in [-0.2, -0.15) is 0 Å². The van der Waals surface area contributed by atoms with E-state index in [1.807, 2.05) is 30.5 Å². The first-order chi connectivity index (χ1) is 11.4. The number of anilines is 1. The number of nitrogens with zero attached hydrogens (tertiary/aromatic N) is 1. The maximum absolute atomic E-state index is 12.1. The number of aromatic amines is 1. The van der Waals surface area contributed by atoms with Crippen LogP contribution in [-0.2, 0) is 21.1 Å². The summed E-state index contributed by atoms with van der Waals surface area (Å²) in [5.74, 6) is -0.144. The molecule has 0 aliphatic rings. The quantitative estimate of drug-likeness (QED) is 0.745. The van der Waals surface area contributed by atoms with Gasteiger partial charge in [-0.1, -0.05) is 18.2 Å². The molecule has 6 nitrogen and oxygen atoms in total. The van der Waals surface area contributed by atoms with Gasteiger partial charge in [-0.05, 0) is 30.2 Å². The van der Waals surface area contributed by atoms with Crippen LogP contribution in [0, 0.1) is 0 Å². The Morgan fingerprint density at radius 3 is 2.71 bits per heavy atom. The Kier molecular flexibility index (Phi) is 4.35. The van der Waals surface area contributed by atoms with E-state index in [0.29, 0.717) is 18.5 Å². The van der Waals surface area contributed by atoms with Crippen molar-refractivity contribution in [2.75, 3.05) is 11.6 Å². The predicted molar refractivity (Wildman–Crippen MR) is 92.6 cm³/mol. The van der Waals surface area contributed by atoms with E-state index in [-0.39, 0.29) is 10.9 Å². The van der Waals surface area contributed by atoms with Crippen molar-refractivity contribution in [3.05, 3.63) is 54.4 Å². The summed E-state index contributed by atoms with van der Waals surface area (Å²) in [5.41, 5.74) is 2.62. The van der Waals surface area contributed by atoms with E-state index in [2.05, 4.69) is 15.3 Å². The third-order valence-corrected chi connectivity index (χ3v) is 4.70. The largest absolute Gasteiger partial charge is 0.361 e. The van der Waals surface area contributed by atoms with Crippen LogP contribution in [0.15, 0.2) is 53.8 Å². The van der Waals surface area contributed by atoms with Crippen LogP contribution in [0.1, 0.15) is 12.0 Å². The second-order valence-corrected chi connectivity index (χ2v) is 7.53. The number of pyridine rings is 1. The van der Waals surface area contributed by atoms with Gasteiger partial charge in [0.1, 0.15) is 0 Å². The number of aromatic nitrogens is 2. The molecule has 1 amide bonds. The maximum Gasteiger partial charge on any atom is 0.224 e. The van der Waals surface area contributed by atoms with Gasteiger partial charge >= 0.3 is 0 Å². The van der Waals surface area contributed by atoms with Gasteiger partial charge in [0.25, 0.3) is 0 Å². The molecule has 0 spiro atoms. The Morgan fingerprint density at radius 1 is 1.21 bits per heavy atom. The number of H-pyrrole nitrogens is 1. The van der Waals surface area contributed by atoms with Crippen molar-refractivity contribution in [1.82, 2.24) is 9.97 Å². The standard InChI is InChI=1S/C17H17N3O3S/c1-24(22,23)17-9-7-13(11-19-17)20-16(21)8-6-12-10-18-15-5-3-2-4-14(12)15/h2-5,7,9-11,18H,6,8H2,1H3,(H,20,21). The predicted octanol–water partition coefficient (Wildman–Crippen LogP) is 2.54. The number of amides is 1. The van der Waals surface area contributed by atoms with Gasteiger partial charge in [-0.25, -0.2) is 13.4 Å². The van der Waals surface area contributed by atoms with Crippen LogP contribution in [0.4, 0.5) is 5.69 Å². The molecule has 0 aliphatic carbocycles. The minimum atomic E-state index is -3.34. The molecule has 0 saturated carbocycles. The molecule has 7 heteroatoms. The highest BCUT2D eigenvalue weighted by molar-refractivity contribution is 7.90. The Bertz CT molecular complexity index is 976. The number of nitrogens with one attached hydrogen (secondary N) is 2. The fraction of sp³-hybridized carbons (Fsp3) is 0.176. The third kappa shape index (κ3) is 3.62. The average Bonchev–Trinajstić information content (AvgIpc) is 2.96. The zero-order chi connectivity index (χ0) is 17.2. The van der Waals surface area contributed by atoms with Crippen LogP contribution in [0.25, 0.3) is 10.9 Å². The maximum atomic E-state index is 12.1. The number of rotatable bonds is 5. The van der Waals surface area contributed by atoms with Crippen molar-refractivity contribution < 1.29 is 13.2 Å². The van der Waals surface area contributed by atoms with E-state index in [1.165, 1.54) is 18.3 Å². The highest BCUT2D eigenvalue weighted by Gasteiger charge is 2.10. The number of carbonyl (C=O) groups excluding carboxylic acids is 1. The molecular weight excluding hydrogens is 326 g/mol. The van der Waals surface area contributed by atoms with Gasteiger partial charge in [0.05, 0.1) is 11.9 Å². The van der Waals surface area contributed by atoms with Crippen LogP contribution >= 0.6 is 0 Å². The van der Waals surface area contributed by atoms with E-state index < -0.39 is 9.84 Å². The van der Waals surface area contributed by atoms with Gasteiger partial charge in [-0.15, -0.1) is 0 Å².